The van der Waals surface area contributed by atoms with Crippen molar-refractivity contribution in [2.24, 2.45) is 0 Å². The third kappa shape index (κ3) is 0.954. The molecule has 4 atom stereocenters. The van der Waals surface area contributed by atoms with Crippen LogP contribution >= 0.6 is 0 Å². The first kappa shape index (κ1) is 1.46. The molecule has 1 saturated heterocycles. The highest BCUT2D eigenvalue weighted by Crippen LogP contribution is 1.65. The molecule has 0 aliphatic carbocycles. The van der Waals surface area contributed by atoms with Gasteiger partial charge in [0, 0.05) is 31.6 Å². The van der Waals surface area contributed by atoms with Gasteiger partial charge in [0.05, 0.1) is 0 Å². The van der Waals surface area contributed by atoms with E-state index >= 15 is 0 Å². The van der Waals surface area contributed by atoms with Gasteiger partial charge in [0.2, 0.25) is 0 Å². The Hall–Kier alpha value is -0.0800. The average Bonchev–Trinajstić information content (AvgIpc) is 1.84. The van der Waals surface area contributed by atoms with Crippen LogP contribution in [0, 0.1) is 0 Å². The lowest BCUT2D eigenvalue weighted by atomic mass is 10.4. The van der Waals surface area contributed by atoms with E-state index in [1.54, 1.807) is 0 Å². The number of nitrogens with one attached hydrogen (secondary N) is 2. The normalized spacial score (nSPS) is 82.7. The number of piperazine rings is 1. The molecule has 1 aliphatic heterocycles. The van der Waals surface area contributed by atoms with E-state index in [0.29, 0.717) is 0 Å². The molecule has 0 aromatic heterocycles. The number of hydrogen-bond acceptors (Lipinski definition) is 2. The van der Waals surface area contributed by atoms with Crippen LogP contribution in [0.5, 0.6) is 0 Å². The summed E-state index contributed by atoms with van der Waals surface area (Å²) in [5.41, 5.74) is 0. The van der Waals surface area contributed by atoms with E-state index in [1.165, 1.54) is 0 Å². The highest BCUT2D eigenvalue weighted by Gasteiger charge is 1.91. The minimum atomic E-state index is -0.788. The standard InChI is InChI=1S/C4H10N2/c1-2-6-4-3-5-1/h5-6H,1-4H2/i1D,2D,3D,4D. The molecule has 2 nitrogen and oxygen atoms in total. The van der Waals surface area contributed by atoms with E-state index in [4.69, 9.17) is 5.48 Å². The minimum absolute atomic E-state index is 0.788. The molecular weight excluding hydrogens is 76.1 g/mol. The number of rotatable bonds is 0. The Morgan fingerprint density at radius 3 is 1.67 bits per heavy atom. The second kappa shape index (κ2) is 2.16. The first-order valence-electron chi connectivity index (χ1n) is 4.13. The molecule has 0 spiro atoms. The van der Waals surface area contributed by atoms with Gasteiger partial charge in [-0.25, -0.2) is 0 Å². The zero-order valence-corrected chi connectivity index (χ0v) is 3.31. The van der Waals surface area contributed by atoms with Crippen molar-refractivity contribution in [3.8, 4) is 0 Å². The van der Waals surface area contributed by atoms with Crippen molar-refractivity contribution >= 4 is 0 Å². The molecule has 6 heavy (non-hydrogen) atoms. The Morgan fingerprint density at radius 2 is 1.33 bits per heavy atom. The molecule has 0 amide bonds. The fourth-order valence-electron chi connectivity index (χ4n) is 0.304. The Bertz CT molecular complexity index is 95.8. The number of hydrogen-bond donors (Lipinski definition) is 2. The van der Waals surface area contributed by atoms with E-state index in [-0.39, 0.29) is 0 Å². The molecule has 0 aromatic rings. The second-order valence-electron chi connectivity index (χ2n) is 1.00. The van der Waals surface area contributed by atoms with Crippen LogP contribution in [0.3, 0.4) is 0 Å². The van der Waals surface area contributed by atoms with Gasteiger partial charge in [-0.2, -0.15) is 0 Å². The van der Waals surface area contributed by atoms with E-state index in [9.17, 15) is 0 Å². The zero-order valence-electron chi connectivity index (χ0n) is 7.31. The zero-order chi connectivity index (χ0) is 7.72. The highest BCUT2D eigenvalue weighted by molar-refractivity contribution is 4.59. The lowest BCUT2D eigenvalue weighted by Gasteiger charge is -2.11. The van der Waals surface area contributed by atoms with Gasteiger partial charge in [-0.3, -0.25) is 0 Å². The average molecular weight is 90.2 g/mol. The van der Waals surface area contributed by atoms with Crippen molar-refractivity contribution in [3.63, 3.8) is 0 Å². The summed E-state index contributed by atoms with van der Waals surface area (Å²) in [6.07, 6.45) is 0. The van der Waals surface area contributed by atoms with Gasteiger partial charge < -0.3 is 10.6 Å². The predicted octanol–water partition coefficient (Wildman–Crippen LogP) is -0.821. The Labute approximate surface area is 43.5 Å². The molecule has 2 heteroatoms. The Balaban J connectivity index is 2.46. The first-order valence-corrected chi connectivity index (χ1v) is 1.82. The van der Waals surface area contributed by atoms with Gasteiger partial charge in [0.15, 0.2) is 0 Å². The van der Waals surface area contributed by atoms with Crippen molar-refractivity contribution in [2.75, 3.05) is 26.1 Å². The third-order valence-electron chi connectivity index (χ3n) is 0.552. The van der Waals surface area contributed by atoms with Crippen molar-refractivity contribution in [1.29, 1.82) is 0 Å². The maximum atomic E-state index is 7.13. The highest BCUT2D eigenvalue weighted by atomic mass is 15.0. The van der Waals surface area contributed by atoms with E-state index in [2.05, 4.69) is 10.6 Å². The van der Waals surface area contributed by atoms with Gasteiger partial charge >= 0.3 is 0 Å². The maximum absolute atomic E-state index is 7.13. The molecule has 4 unspecified atom stereocenters. The van der Waals surface area contributed by atoms with Gasteiger partial charge in [-0.05, 0) is 0 Å². The quantitative estimate of drug-likeness (QED) is 0.406. The summed E-state index contributed by atoms with van der Waals surface area (Å²) in [5.74, 6) is 0. The van der Waals surface area contributed by atoms with Crippen LogP contribution in [0.25, 0.3) is 0 Å². The van der Waals surface area contributed by atoms with Crippen LogP contribution in [0.4, 0.5) is 0 Å². The lowest BCUT2D eigenvalue weighted by Crippen LogP contribution is -2.39. The molecule has 0 aromatic carbocycles. The molecule has 1 fully saturated rings. The summed E-state index contributed by atoms with van der Waals surface area (Å²) in [4.78, 5) is 0. The summed E-state index contributed by atoms with van der Waals surface area (Å²) in [5, 5.41) is 4.95. The van der Waals surface area contributed by atoms with Gasteiger partial charge in [0.1, 0.15) is 0 Å². The second-order valence-corrected chi connectivity index (χ2v) is 1.00. The Morgan fingerprint density at radius 1 is 1.00 bits per heavy atom. The van der Waals surface area contributed by atoms with Gasteiger partial charge in [-0.15, -0.1) is 0 Å². The predicted molar refractivity (Wildman–Crippen MR) is 25.7 cm³/mol. The molecule has 0 bridgehead atoms. The van der Waals surface area contributed by atoms with Crippen LogP contribution in [0.2, 0.25) is 0 Å². The topological polar surface area (TPSA) is 24.1 Å². The van der Waals surface area contributed by atoms with Crippen LogP contribution < -0.4 is 10.6 Å². The third-order valence-corrected chi connectivity index (χ3v) is 0.552. The van der Waals surface area contributed by atoms with Crippen LogP contribution in [0.1, 0.15) is 5.48 Å². The molecule has 1 rings (SSSR count). The van der Waals surface area contributed by atoms with Crippen molar-refractivity contribution in [1.82, 2.24) is 10.6 Å². The molecule has 1 heterocycles. The fraction of sp³-hybridized carbons (Fsp3) is 1.00. The molecular formula is C4H10N2. The van der Waals surface area contributed by atoms with E-state index < -0.39 is 26.1 Å². The summed E-state index contributed by atoms with van der Waals surface area (Å²) < 4.78 is 28.5. The molecule has 2 N–H and O–H groups in total. The first-order chi connectivity index (χ1) is 4.61. The van der Waals surface area contributed by atoms with Crippen LogP contribution in [-0.4, -0.2) is 26.1 Å². The SMILES string of the molecule is [2H]C1NC([2H])C([2H])NC1[2H]. The van der Waals surface area contributed by atoms with Crippen LogP contribution in [-0.2, 0) is 0 Å². The monoisotopic (exact) mass is 90.1 g/mol. The fourth-order valence-corrected chi connectivity index (χ4v) is 0.304. The summed E-state index contributed by atoms with van der Waals surface area (Å²) >= 11 is 0. The summed E-state index contributed by atoms with van der Waals surface area (Å²) in [6.45, 7) is -3.15. The lowest BCUT2D eigenvalue weighted by molar-refractivity contribution is 0.534. The molecule has 0 radical (unpaired) electrons. The van der Waals surface area contributed by atoms with Gasteiger partial charge in [-0.1, -0.05) is 0 Å². The molecule has 0 saturated carbocycles. The smallest absolute Gasteiger partial charge is 0.0441 e. The van der Waals surface area contributed by atoms with E-state index in [1.807, 2.05) is 0 Å². The van der Waals surface area contributed by atoms with Crippen molar-refractivity contribution in [3.05, 3.63) is 0 Å². The van der Waals surface area contributed by atoms with Crippen molar-refractivity contribution in [2.45, 2.75) is 0 Å². The Kier molecular flexibility index (Phi) is 0.524. The maximum Gasteiger partial charge on any atom is 0.0441 e. The van der Waals surface area contributed by atoms with Crippen LogP contribution in [0.15, 0.2) is 0 Å². The van der Waals surface area contributed by atoms with Crippen molar-refractivity contribution < 1.29 is 5.48 Å². The largest absolute Gasteiger partial charge is 0.314 e. The molecule has 1 aliphatic rings. The summed E-state index contributed by atoms with van der Waals surface area (Å²) in [6, 6.07) is 0. The van der Waals surface area contributed by atoms with Gasteiger partial charge in [0.25, 0.3) is 0 Å². The molecule has 36 valence electrons. The van der Waals surface area contributed by atoms with E-state index in [0.717, 1.165) is 0 Å². The summed E-state index contributed by atoms with van der Waals surface area (Å²) in [7, 11) is 0. The minimum Gasteiger partial charge on any atom is -0.314 e.